The maximum absolute atomic E-state index is 10.0. The summed E-state index contributed by atoms with van der Waals surface area (Å²) >= 11 is 0. The van der Waals surface area contributed by atoms with Gasteiger partial charge >= 0.3 is 0 Å². The minimum absolute atomic E-state index is 0.268. The lowest BCUT2D eigenvalue weighted by Crippen LogP contribution is -2.45. The van der Waals surface area contributed by atoms with Crippen LogP contribution in [0.1, 0.15) is 13.3 Å². The quantitative estimate of drug-likeness (QED) is 0.705. The van der Waals surface area contributed by atoms with E-state index in [1.54, 1.807) is 6.07 Å². The minimum Gasteiger partial charge on any atom is -0.508 e. The van der Waals surface area contributed by atoms with Crippen molar-refractivity contribution in [1.29, 1.82) is 0 Å². The maximum Gasteiger partial charge on any atom is 0.116 e. The number of hydrogen-bond donors (Lipinski definition) is 1. The van der Waals surface area contributed by atoms with Crippen LogP contribution in [0.25, 0.3) is 22.5 Å². The summed E-state index contributed by atoms with van der Waals surface area (Å²) in [6.45, 7) is 6.65. The Morgan fingerprint density at radius 2 is 1.79 bits per heavy atom. The lowest BCUT2D eigenvalue weighted by Gasteiger charge is -2.34. The molecular formula is C23H27N3O2. The number of phenols is 1. The van der Waals surface area contributed by atoms with Crippen LogP contribution >= 0.6 is 0 Å². The Hall–Kier alpha value is -2.63. The molecule has 0 spiro atoms. The zero-order chi connectivity index (χ0) is 19.3. The van der Waals surface area contributed by atoms with Crippen LogP contribution < -0.4 is 0 Å². The number of benzene rings is 2. The standard InChI is InChI=1S/C23H27N3O2/c1-2-20(25-11-13-28-14-12-25)16-26-17-24-22(18-7-4-3-5-8-18)23(26)19-9-6-10-21(27)15-19/h3-10,15,17,20,27H,2,11-14,16H2,1H3. The predicted molar refractivity (Wildman–Crippen MR) is 111 cm³/mol. The Balaban J connectivity index is 1.73. The second kappa shape index (κ2) is 8.59. The lowest BCUT2D eigenvalue weighted by molar-refractivity contribution is 0.0121. The molecule has 1 N–H and O–H groups in total. The van der Waals surface area contributed by atoms with Gasteiger partial charge in [0.05, 0.1) is 30.9 Å². The van der Waals surface area contributed by atoms with Gasteiger partial charge < -0.3 is 14.4 Å². The van der Waals surface area contributed by atoms with Gasteiger partial charge in [0.1, 0.15) is 5.75 Å². The highest BCUT2D eigenvalue weighted by Crippen LogP contribution is 2.33. The van der Waals surface area contributed by atoms with Gasteiger partial charge in [-0.25, -0.2) is 4.98 Å². The van der Waals surface area contributed by atoms with Crippen molar-refractivity contribution in [1.82, 2.24) is 14.5 Å². The highest BCUT2D eigenvalue weighted by atomic mass is 16.5. The van der Waals surface area contributed by atoms with Crippen molar-refractivity contribution >= 4 is 0 Å². The molecule has 146 valence electrons. The third-order valence-corrected chi connectivity index (χ3v) is 5.45. The second-order valence-corrected chi connectivity index (χ2v) is 7.22. The van der Waals surface area contributed by atoms with Gasteiger partial charge in [0.25, 0.3) is 0 Å². The maximum atomic E-state index is 10.0. The molecule has 1 aliphatic heterocycles. The van der Waals surface area contributed by atoms with Gasteiger partial charge in [-0.05, 0) is 18.6 Å². The molecule has 1 atom stereocenters. The molecule has 0 bridgehead atoms. The Morgan fingerprint density at radius 3 is 2.50 bits per heavy atom. The first-order valence-corrected chi connectivity index (χ1v) is 9.98. The lowest BCUT2D eigenvalue weighted by atomic mass is 10.0. The number of morpholine rings is 1. The zero-order valence-electron chi connectivity index (χ0n) is 16.3. The topological polar surface area (TPSA) is 50.5 Å². The molecular weight excluding hydrogens is 350 g/mol. The van der Waals surface area contributed by atoms with E-state index in [1.165, 1.54) is 0 Å². The molecule has 1 unspecified atom stereocenters. The third-order valence-electron chi connectivity index (χ3n) is 5.45. The number of nitrogens with zero attached hydrogens (tertiary/aromatic N) is 3. The number of phenolic OH excluding ortho intramolecular Hbond substituents is 1. The van der Waals surface area contributed by atoms with Crippen molar-refractivity contribution in [3.8, 4) is 28.3 Å². The van der Waals surface area contributed by atoms with Gasteiger partial charge in [-0.2, -0.15) is 0 Å². The summed E-state index contributed by atoms with van der Waals surface area (Å²) in [6, 6.07) is 18.1. The summed E-state index contributed by atoms with van der Waals surface area (Å²) in [6.07, 6.45) is 3.00. The molecule has 28 heavy (non-hydrogen) atoms. The van der Waals surface area contributed by atoms with E-state index in [0.717, 1.165) is 61.8 Å². The van der Waals surface area contributed by atoms with E-state index in [9.17, 15) is 5.11 Å². The SMILES string of the molecule is CCC(Cn1cnc(-c2ccccc2)c1-c1cccc(O)c1)N1CCOCC1. The summed E-state index contributed by atoms with van der Waals surface area (Å²) in [5, 5.41) is 10.0. The van der Waals surface area contributed by atoms with Gasteiger partial charge in [0.15, 0.2) is 0 Å². The van der Waals surface area contributed by atoms with E-state index in [-0.39, 0.29) is 5.75 Å². The van der Waals surface area contributed by atoms with Crippen LogP contribution in [-0.2, 0) is 11.3 Å². The number of imidazole rings is 1. The van der Waals surface area contributed by atoms with Crippen LogP contribution in [0.4, 0.5) is 0 Å². The van der Waals surface area contributed by atoms with E-state index >= 15 is 0 Å². The molecule has 4 rings (SSSR count). The molecule has 1 aromatic heterocycles. The Bertz CT molecular complexity index is 901. The second-order valence-electron chi connectivity index (χ2n) is 7.22. The van der Waals surface area contributed by atoms with Gasteiger partial charge in [-0.3, -0.25) is 4.90 Å². The van der Waals surface area contributed by atoms with Gasteiger partial charge in [0.2, 0.25) is 0 Å². The minimum atomic E-state index is 0.268. The fourth-order valence-electron chi connectivity index (χ4n) is 3.96. The first kappa shape index (κ1) is 18.7. The molecule has 2 heterocycles. The molecule has 0 amide bonds. The highest BCUT2D eigenvalue weighted by molar-refractivity contribution is 5.79. The van der Waals surface area contributed by atoms with E-state index in [0.29, 0.717) is 6.04 Å². The van der Waals surface area contributed by atoms with Crippen LogP contribution in [0, 0.1) is 0 Å². The monoisotopic (exact) mass is 377 g/mol. The summed E-state index contributed by atoms with van der Waals surface area (Å²) in [4.78, 5) is 7.27. The Morgan fingerprint density at radius 1 is 1.04 bits per heavy atom. The van der Waals surface area contributed by atoms with E-state index < -0.39 is 0 Å². The molecule has 1 fully saturated rings. The number of ether oxygens (including phenoxy) is 1. The van der Waals surface area contributed by atoms with Crippen LogP contribution in [0.3, 0.4) is 0 Å². The smallest absolute Gasteiger partial charge is 0.116 e. The van der Waals surface area contributed by atoms with Crippen molar-refractivity contribution in [2.45, 2.75) is 25.9 Å². The van der Waals surface area contributed by atoms with Crippen LogP contribution in [0.2, 0.25) is 0 Å². The summed E-state index contributed by atoms with van der Waals surface area (Å²) in [5.41, 5.74) is 4.06. The fourth-order valence-corrected chi connectivity index (χ4v) is 3.96. The van der Waals surface area contributed by atoms with Crippen LogP contribution in [-0.4, -0.2) is 51.9 Å². The molecule has 5 heteroatoms. The normalized spacial score (nSPS) is 16.2. The van der Waals surface area contributed by atoms with E-state index in [1.807, 2.05) is 42.7 Å². The molecule has 1 saturated heterocycles. The molecule has 5 nitrogen and oxygen atoms in total. The molecule has 0 aliphatic carbocycles. The Kier molecular flexibility index (Phi) is 5.74. The molecule has 1 aliphatic rings. The summed E-state index contributed by atoms with van der Waals surface area (Å²) in [5.74, 6) is 0.268. The number of rotatable bonds is 6. The summed E-state index contributed by atoms with van der Waals surface area (Å²) in [7, 11) is 0. The average molecular weight is 377 g/mol. The van der Waals surface area contributed by atoms with Crippen molar-refractivity contribution in [2.24, 2.45) is 0 Å². The highest BCUT2D eigenvalue weighted by Gasteiger charge is 2.23. The third kappa shape index (κ3) is 3.96. The van der Waals surface area contributed by atoms with E-state index in [2.05, 4.69) is 28.5 Å². The van der Waals surface area contributed by atoms with Crippen molar-refractivity contribution < 1.29 is 9.84 Å². The summed E-state index contributed by atoms with van der Waals surface area (Å²) < 4.78 is 7.76. The number of aromatic nitrogens is 2. The van der Waals surface area contributed by atoms with Crippen LogP contribution in [0.15, 0.2) is 60.9 Å². The molecule has 2 aromatic carbocycles. The van der Waals surface area contributed by atoms with E-state index in [4.69, 9.17) is 9.72 Å². The van der Waals surface area contributed by atoms with Gasteiger partial charge in [0, 0.05) is 36.8 Å². The van der Waals surface area contributed by atoms with Crippen molar-refractivity contribution in [3.63, 3.8) is 0 Å². The van der Waals surface area contributed by atoms with Crippen molar-refractivity contribution in [2.75, 3.05) is 26.3 Å². The number of aromatic hydroxyl groups is 1. The molecule has 0 radical (unpaired) electrons. The predicted octanol–water partition coefficient (Wildman–Crippen LogP) is 4.03. The van der Waals surface area contributed by atoms with Gasteiger partial charge in [-0.15, -0.1) is 0 Å². The average Bonchev–Trinajstić information content (AvgIpc) is 3.17. The molecule has 0 saturated carbocycles. The largest absolute Gasteiger partial charge is 0.508 e. The number of hydrogen-bond acceptors (Lipinski definition) is 4. The molecule has 3 aromatic rings. The fraction of sp³-hybridized carbons (Fsp3) is 0.348. The first-order valence-electron chi connectivity index (χ1n) is 9.98. The van der Waals surface area contributed by atoms with Crippen molar-refractivity contribution in [3.05, 3.63) is 60.9 Å². The Labute approximate surface area is 166 Å². The first-order chi connectivity index (χ1) is 13.8. The van der Waals surface area contributed by atoms with Gasteiger partial charge in [-0.1, -0.05) is 49.4 Å². The zero-order valence-corrected chi connectivity index (χ0v) is 16.3. The van der Waals surface area contributed by atoms with Crippen LogP contribution in [0.5, 0.6) is 5.75 Å².